The zero-order valence-electron chi connectivity index (χ0n) is 22.7. The van der Waals surface area contributed by atoms with E-state index in [9.17, 15) is 14.4 Å². The smallest absolute Gasteiger partial charge is 0.407 e. The molecule has 1 aliphatic carbocycles. The van der Waals surface area contributed by atoms with E-state index in [1.165, 1.54) is 10.5 Å². The van der Waals surface area contributed by atoms with Gasteiger partial charge < -0.3 is 24.3 Å². The summed E-state index contributed by atoms with van der Waals surface area (Å²) in [7, 11) is 1.66. The van der Waals surface area contributed by atoms with Crippen LogP contribution in [0.2, 0.25) is 0 Å². The second kappa shape index (κ2) is 10.4. The number of ether oxygens (including phenoxy) is 4. The average molecular weight is 527 g/mol. The molecule has 4 fully saturated rings. The number of alkyl carbamates (subject to hydrolysis) is 1. The number of piperidine rings is 1. The Balaban J connectivity index is 1.18. The van der Waals surface area contributed by atoms with Crippen molar-refractivity contribution >= 4 is 23.6 Å². The number of methoxy groups -OCH3 is 1. The number of nitrogens with one attached hydrogen (secondary N) is 1. The van der Waals surface area contributed by atoms with Crippen LogP contribution in [-0.4, -0.2) is 61.1 Å². The quantitative estimate of drug-likeness (QED) is 0.309. The summed E-state index contributed by atoms with van der Waals surface area (Å²) in [6.45, 7) is 7.21. The van der Waals surface area contributed by atoms with Crippen molar-refractivity contribution in [1.29, 1.82) is 0 Å². The highest BCUT2D eigenvalue weighted by Gasteiger charge is 2.72. The number of hydrogen-bond donors (Lipinski definition) is 1. The van der Waals surface area contributed by atoms with Crippen LogP contribution in [0.5, 0.6) is 0 Å². The minimum absolute atomic E-state index is 0.0325. The molecule has 38 heavy (non-hydrogen) atoms. The molecule has 0 aromatic heterocycles. The lowest BCUT2D eigenvalue weighted by Gasteiger charge is -2.42. The zero-order valence-corrected chi connectivity index (χ0v) is 22.7. The summed E-state index contributed by atoms with van der Waals surface area (Å²) in [6.07, 6.45) is 4.65. The molecule has 1 aromatic carbocycles. The lowest BCUT2D eigenvalue weighted by atomic mass is 9.68. The van der Waals surface area contributed by atoms with Crippen LogP contribution in [0, 0.1) is 5.92 Å². The molecular weight excluding hydrogens is 488 g/mol. The number of imide groups is 1. The van der Waals surface area contributed by atoms with Crippen molar-refractivity contribution in [2.45, 2.75) is 95.4 Å². The van der Waals surface area contributed by atoms with Crippen LogP contribution in [0.3, 0.4) is 0 Å². The topological polar surface area (TPSA) is 110 Å². The van der Waals surface area contributed by atoms with Crippen LogP contribution in [0.4, 0.5) is 10.5 Å². The van der Waals surface area contributed by atoms with Crippen molar-refractivity contribution in [3.05, 3.63) is 41.5 Å². The van der Waals surface area contributed by atoms with E-state index in [4.69, 9.17) is 18.9 Å². The summed E-state index contributed by atoms with van der Waals surface area (Å²) in [5.74, 6) is -0.391. The monoisotopic (exact) mass is 526 g/mol. The second-order valence-corrected chi connectivity index (χ2v) is 11.3. The highest BCUT2D eigenvalue weighted by molar-refractivity contribution is 6.16. The van der Waals surface area contributed by atoms with E-state index in [1.807, 2.05) is 0 Å². The zero-order chi connectivity index (χ0) is 27.1. The van der Waals surface area contributed by atoms with E-state index in [-0.39, 0.29) is 47.7 Å². The molecule has 1 spiro atoms. The number of amides is 3. The Bertz CT molecular complexity index is 1090. The Morgan fingerprint density at radius 1 is 1.18 bits per heavy atom. The normalized spacial score (nSPS) is 34.2. The predicted molar refractivity (Wildman–Crippen MR) is 139 cm³/mol. The van der Waals surface area contributed by atoms with Crippen molar-refractivity contribution in [2.24, 2.45) is 5.92 Å². The molecule has 4 aliphatic rings. The molecule has 206 valence electrons. The Hall–Kier alpha value is -2.75. The Kier molecular flexibility index (Phi) is 7.37. The summed E-state index contributed by atoms with van der Waals surface area (Å²) in [5, 5.41) is 2.82. The molecule has 9 nitrogen and oxygen atoms in total. The van der Waals surface area contributed by atoms with Gasteiger partial charge in [0.15, 0.2) is 0 Å². The number of benzene rings is 1. The summed E-state index contributed by atoms with van der Waals surface area (Å²) >= 11 is 0. The van der Waals surface area contributed by atoms with E-state index < -0.39 is 12.2 Å². The minimum atomic E-state index is -0.517. The van der Waals surface area contributed by atoms with Gasteiger partial charge in [0.25, 0.3) is 0 Å². The van der Waals surface area contributed by atoms with Gasteiger partial charge in [0.2, 0.25) is 11.8 Å². The van der Waals surface area contributed by atoms with Gasteiger partial charge in [0, 0.05) is 26.5 Å². The van der Waals surface area contributed by atoms with E-state index in [0.29, 0.717) is 38.0 Å². The fourth-order valence-corrected chi connectivity index (χ4v) is 6.23. The number of anilines is 1. The molecule has 1 saturated carbocycles. The van der Waals surface area contributed by atoms with Crippen molar-refractivity contribution in [2.75, 3.05) is 18.6 Å². The lowest BCUT2D eigenvalue weighted by molar-refractivity contribution is -0.129. The van der Waals surface area contributed by atoms with Crippen molar-refractivity contribution in [3.63, 3.8) is 0 Å². The first-order valence-corrected chi connectivity index (χ1v) is 13.5. The summed E-state index contributed by atoms with van der Waals surface area (Å²) in [6, 6.07) is 7.05. The maximum absolute atomic E-state index is 12.8. The van der Waals surface area contributed by atoms with Gasteiger partial charge in [-0.25, -0.2) is 4.79 Å². The predicted octanol–water partition coefficient (Wildman–Crippen LogP) is 4.03. The Morgan fingerprint density at radius 3 is 2.47 bits per heavy atom. The number of epoxide rings is 2. The van der Waals surface area contributed by atoms with Gasteiger partial charge in [0.1, 0.15) is 23.4 Å². The lowest BCUT2D eigenvalue weighted by Crippen LogP contribution is -2.56. The van der Waals surface area contributed by atoms with Gasteiger partial charge in [-0.3, -0.25) is 14.5 Å². The molecule has 1 N–H and O–H groups in total. The van der Waals surface area contributed by atoms with Crippen LogP contribution < -0.4 is 10.2 Å². The van der Waals surface area contributed by atoms with Gasteiger partial charge in [0.05, 0.1) is 24.3 Å². The fraction of sp³-hybridized carbons (Fsp3) is 0.621. The van der Waals surface area contributed by atoms with Gasteiger partial charge in [-0.15, -0.1) is 0 Å². The number of rotatable bonds is 8. The van der Waals surface area contributed by atoms with Crippen LogP contribution in [0.1, 0.15) is 64.9 Å². The van der Waals surface area contributed by atoms with Crippen LogP contribution in [0.15, 0.2) is 35.9 Å². The van der Waals surface area contributed by atoms with Crippen LogP contribution >= 0.6 is 0 Å². The first kappa shape index (κ1) is 26.8. The number of allylic oxidation sites excluding steroid dienone is 1. The number of hydrogen-bond acceptors (Lipinski definition) is 7. The third-order valence-corrected chi connectivity index (χ3v) is 8.41. The Labute approximate surface area is 223 Å². The third-order valence-electron chi connectivity index (χ3n) is 8.41. The van der Waals surface area contributed by atoms with Gasteiger partial charge >= 0.3 is 6.09 Å². The van der Waals surface area contributed by atoms with Crippen LogP contribution in [-0.2, 0) is 35.1 Å². The van der Waals surface area contributed by atoms with E-state index in [2.05, 4.69) is 32.2 Å². The van der Waals surface area contributed by atoms with Gasteiger partial charge in [-0.2, -0.15) is 0 Å². The highest BCUT2D eigenvalue weighted by Crippen LogP contribution is 2.59. The molecule has 9 heteroatoms. The maximum Gasteiger partial charge on any atom is 0.407 e. The molecule has 3 amide bonds. The van der Waals surface area contributed by atoms with E-state index in [0.717, 1.165) is 18.4 Å². The number of nitrogens with zero attached hydrogens (tertiary/aromatic N) is 1. The molecule has 3 saturated heterocycles. The first-order valence-electron chi connectivity index (χ1n) is 13.5. The summed E-state index contributed by atoms with van der Waals surface area (Å²) in [5.41, 5.74) is 1.98. The van der Waals surface area contributed by atoms with Gasteiger partial charge in [-0.1, -0.05) is 23.8 Å². The largest absolute Gasteiger partial charge is 0.443 e. The average Bonchev–Trinajstić information content (AvgIpc) is 3.80. The van der Waals surface area contributed by atoms with Gasteiger partial charge in [-0.05, 0) is 64.2 Å². The molecule has 1 aromatic rings. The van der Waals surface area contributed by atoms with Crippen molar-refractivity contribution < 1.29 is 33.3 Å². The molecule has 3 aliphatic heterocycles. The summed E-state index contributed by atoms with van der Waals surface area (Å²) < 4.78 is 24.0. The van der Waals surface area contributed by atoms with Crippen molar-refractivity contribution in [3.8, 4) is 0 Å². The summed E-state index contributed by atoms with van der Waals surface area (Å²) in [4.78, 5) is 38.3. The molecule has 0 radical (unpaired) electrons. The van der Waals surface area contributed by atoms with E-state index in [1.54, 1.807) is 31.4 Å². The third kappa shape index (κ3) is 5.24. The highest BCUT2D eigenvalue weighted by atomic mass is 16.6. The second-order valence-electron chi connectivity index (χ2n) is 11.3. The standard InChI is InChI=1S/C29H38N2O7/c1-18(2)8-13-22-28(3,38-22)26-25(35-4)21(14-15-29(26)17-36-29)37-27(34)30-16-19-9-11-20(12-10-19)31-23(32)6-5-7-24(31)33/h8-12,21-22,25-26H,5-7,13-17H2,1-4H3,(H,30,34)/t21-,22-,25-,26-,28?,29+/m1/s1. The first-order chi connectivity index (χ1) is 18.2. The molecule has 0 bridgehead atoms. The number of carbonyl (C=O) groups excluding carboxylic acids is 3. The fourth-order valence-electron chi connectivity index (χ4n) is 6.23. The Morgan fingerprint density at radius 2 is 1.87 bits per heavy atom. The number of carbonyl (C=O) groups is 3. The molecule has 6 atom stereocenters. The van der Waals surface area contributed by atoms with E-state index >= 15 is 0 Å². The van der Waals surface area contributed by atoms with Crippen LogP contribution in [0.25, 0.3) is 0 Å². The SMILES string of the molecule is CO[C@H]1[C@H](C2(C)O[C@@H]2CC=C(C)C)[C@]2(CC[C@H]1OC(=O)NCc1ccc(N3C(=O)CCCC3=O)cc1)CO2. The maximum atomic E-state index is 12.8. The minimum Gasteiger partial charge on any atom is -0.443 e. The molecule has 5 rings (SSSR count). The molecule has 1 unspecified atom stereocenters. The molecule has 3 heterocycles. The molecular formula is C29H38N2O7. The van der Waals surface area contributed by atoms with Crippen molar-refractivity contribution in [1.82, 2.24) is 5.32 Å².